The molecule has 0 saturated carbocycles. The van der Waals surface area contributed by atoms with Crippen LogP contribution in [0.2, 0.25) is 0 Å². The first-order chi connectivity index (χ1) is 11.5. The second-order valence-electron chi connectivity index (χ2n) is 6.52. The van der Waals surface area contributed by atoms with Crippen LogP contribution in [0.25, 0.3) is 0 Å². The number of anilines is 1. The van der Waals surface area contributed by atoms with E-state index in [1.807, 2.05) is 24.3 Å². The Hall–Kier alpha value is -2.23. The molecule has 0 radical (unpaired) electrons. The molecule has 24 heavy (non-hydrogen) atoms. The van der Waals surface area contributed by atoms with E-state index in [0.717, 1.165) is 36.7 Å². The van der Waals surface area contributed by atoms with Gasteiger partial charge in [0.05, 0.1) is 0 Å². The van der Waals surface area contributed by atoms with Gasteiger partial charge in [-0.2, -0.15) is 0 Å². The fraction of sp³-hybridized carbons (Fsp3) is 0.350. The minimum Gasteiger partial charge on any atom is -0.368 e. The highest BCUT2D eigenvalue weighted by Crippen LogP contribution is 2.28. The average molecular weight is 329 g/mol. The van der Waals surface area contributed by atoms with E-state index in [2.05, 4.69) is 4.90 Å². The van der Waals surface area contributed by atoms with Crippen LogP contribution in [0.4, 0.5) is 14.5 Å². The molecule has 0 bridgehead atoms. The molecule has 0 amide bonds. The fourth-order valence-corrected chi connectivity index (χ4v) is 3.47. The smallest absolute Gasteiger partial charge is 0.131 e. The number of carbonyl (C=O) groups excluding carboxylic acids is 1. The summed E-state index contributed by atoms with van der Waals surface area (Å²) in [5, 5.41) is 0. The van der Waals surface area contributed by atoms with Crippen molar-refractivity contribution in [3.05, 3.63) is 65.2 Å². The summed E-state index contributed by atoms with van der Waals surface area (Å²) in [7, 11) is 0. The van der Waals surface area contributed by atoms with Crippen molar-refractivity contribution in [1.29, 1.82) is 0 Å². The van der Waals surface area contributed by atoms with Crippen LogP contribution in [0.1, 0.15) is 37.3 Å². The summed E-state index contributed by atoms with van der Waals surface area (Å²) in [6.07, 6.45) is 3.22. The number of Topliss-reactive ketones (excluding diaryl/α,β-unsaturated/α-hetero) is 1. The molecule has 1 heterocycles. The molecule has 1 fully saturated rings. The van der Waals surface area contributed by atoms with E-state index in [1.165, 1.54) is 12.1 Å². The molecule has 0 aliphatic carbocycles. The van der Waals surface area contributed by atoms with Crippen LogP contribution in [0.15, 0.2) is 42.5 Å². The molecule has 1 unspecified atom stereocenters. The van der Waals surface area contributed by atoms with Crippen LogP contribution in [0, 0.1) is 11.6 Å². The third-order valence-corrected chi connectivity index (χ3v) is 4.50. The Kier molecular flexibility index (Phi) is 4.93. The number of benzene rings is 2. The molecule has 1 saturated heterocycles. The standard InChI is InChI=1S/C20H21F2NO/c1-14(24)9-20-3-2-8-23(20)19-6-4-15(5-7-19)10-16-11-17(21)13-18(22)12-16/h4-7,11-13,20H,2-3,8-10H2,1H3. The lowest BCUT2D eigenvalue weighted by Crippen LogP contribution is -2.30. The number of carbonyl (C=O) groups is 1. The summed E-state index contributed by atoms with van der Waals surface area (Å²) in [6.45, 7) is 2.60. The molecule has 1 aliphatic rings. The minimum absolute atomic E-state index is 0.219. The zero-order chi connectivity index (χ0) is 17.1. The second kappa shape index (κ2) is 7.12. The third-order valence-electron chi connectivity index (χ3n) is 4.50. The van der Waals surface area contributed by atoms with Gasteiger partial charge in [-0.1, -0.05) is 12.1 Å². The SMILES string of the molecule is CC(=O)CC1CCCN1c1ccc(Cc2cc(F)cc(F)c2)cc1. The van der Waals surface area contributed by atoms with Crippen molar-refractivity contribution < 1.29 is 13.6 Å². The molecular weight excluding hydrogens is 308 g/mol. The first kappa shape index (κ1) is 16.6. The van der Waals surface area contributed by atoms with Gasteiger partial charge in [-0.05, 0) is 61.6 Å². The predicted octanol–water partition coefficient (Wildman–Crippen LogP) is 4.50. The zero-order valence-electron chi connectivity index (χ0n) is 13.8. The first-order valence-corrected chi connectivity index (χ1v) is 8.31. The molecule has 2 aromatic carbocycles. The molecule has 2 nitrogen and oxygen atoms in total. The summed E-state index contributed by atoms with van der Waals surface area (Å²) in [5.41, 5.74) is 2.73. The van der Waals surface area contributed by atoms with Gasteiger partial charge < -0.3 is 4.90 Å². The Balaban J connectivity index is 1.72. The fourth-order valence-electron chi connectivity index (χ4n) is 3.47. The van der Waals surface area contributed by atoms with E-state index in [1.54, 1.807) is 6.92 Å². The third kappa shape index (κ3) is 3.99. The maximum Gasteiger partial charge on any atom is 0.131 e. The molecule has 1 aliphatic heterocycles. The Morgan fingerprint density at radius 1 is 1.08 bits per heavy atom. The number of rotatable bonds is 5. The van der Waals surface area contributed by atoms with Gasteiger partial charge in [-0.25, -0.2) is 8.78 Å². The van der Waals surface area contributed by atoms with Crippen molar-refractivity contribution in [1.82, 2.24) is 0 Å². The van der Waals surface area contributed by atoms with Crippen LogP contribution < -0.4 is 4.90 Å². The van der Waals surface area contributed by atoms with Gasteiger partial charge in [-0.15, -0.1) is 0 Å². The molecule has 4 heteroatoms. The van der Waals surface area contributed by atoms with E-state index in [9.17, 15) is 13.6 Å². The van der Waals surface area contributed by atoms with Crippen LogP contribution >= 0.6 is 0 Å². The van der Waals surface area contributed by atoms with Crippen molar-refractivity contribution in [2.24, 2.45) is 0 Å². The number of nitrogens with zero attached hydrogens (tertiary/aromatic N) is 1. The average Bonchev–Trinajstić information content (AvgIpc) is 2.94. The topological polar surface area (TPSA) is 20.3 Å². The second-order valence-corrected chi connectivity index (χ2v) is 6.52. The Morgan fingerprint density at radius 2 is 1.75 bits per heavy atom. The van der Waals surface area contributed by atoms with Crippen LogP contribution in [-0.4, -0.2) is 18.4 Å². The van der Waals surface area contributed by atoms with Crippen molar-refractivity contribution in [3.8, 4) is 0 Å². The van der Waals surface area contributed by atoms with Crippen LogP contribution in [0.3, 0.4) is 0 Å². The van der Waals surface area contributed by atoms with E-state index < -0.39 is 11.6 Å². The summed E-state index contributed by atoms with van der Waals surface area (Å²) in [5.74, 6) is -0.881. The van der Waals surface area contributed by atoms with Gasteiger partial charge >= 0.3 is 0 Å². The van der Waals surface area contributed by atoms with E-state index in [0.29, 0.717) is 18.4 Å². The van der Waals surface area contributed by atoms with Crippen LogP contribution in [0.5, 0.6) is 0 Å². The predicted molar refractivity (Wildman–Crippen MR) is 91.3 cm³/mol. The number of hydrogen-bond acceptors (Lipinski definition) is 2. The van der Waals surface area contributed by atoms with Crippen LogP contribution in [-0.2, 0) is 11.2 Å². The van der Waals surface area contributed by atoms with E-state index in [4.69, 9.17) is 0 Å². The minimum atomic E-state index is -0.550. The first-order valence-electron chi connectivity index (χ1n) is 8.31. The number of halogens is 2. The lowest BCUT2D eigenvalue weighted by atomic mass is 10.0. The maximum absolute atomic E-state index is 13.3. The van der Waals surface area contributed by atoms with Gasteiger partial charge in [0.1, 0.15) is 17.4 Å². The molecule has 0 spiro atoms. The summed E-state index contributed by atoms with van der Waals surface area (Å²) in [6, 6.07) is 11.9. The largest absolute Gasteiger partial charge is 0.368 e. The monoisotopic (exact) mass is 329 g/mol. The van der Waals surface area contributed by atoms with E-state index >= 15 is 0 Å². The van der Waals surface area contributed by atoms with Crippen molar-refractivity contribution in [2.45, 2.75) is 38.6 Å². The molecule has 0 N–H and O–H groups in total. The van der Waals surface area contributed by atoms with Crippen molar-refractivity contribution in [3.63, 3.8) is 0 Å². The molecule has 1 atom stereocenters. The van der Waals surface area contributed by atoms with Gasteiger partial charge in [0, 0.05) is 30.8 Å². The van der Waals surface area contributed by atoms with Gasteiger partial charge in [0.2, 0.25) is 0 Å². The lowest BCUT2D eigenvalue weighted by Gasteiger charge is -2.26. The highest BCUT2D eigenvalue weighted by Gasteiger charge is 2.25. The molecule has 0 aromatic heterocycles. The molecular formula is C20H21F2NO. The van der Waals surface area contributed by atoms with Gasteiger partial charge in [0.15, 0.2) is 0 Å². The number of hydrogen-bond donors (Lipinski definition) is 0. The Labute approximate surface area is 141 Å². The summed E-state index contributed by atoms with van der Waals surface area (Å²) >= 11 is 0. The summed E-state index contributed by atoms with van der Waals surface area (Å²) in [4.78, 5) is 13.7. The highest BCUT2D eigenvalue weighted by atomic mass is 19.1. The Bertz CT molecular complexity index is 707. The van der Waals surface area contributed by atoms with E-state index in [-0.39, 0.29) is 11.8 Å². The van der Waals surface area contributed by atoms with Gasteiger partial charge in [-0.3, -0.25) is 4.79 Å². The molecule has 126 valence electrons. The van der Waals surface area contributed by atoms with Gasteiger partial charge in [0.25, 0.3) is 0 Å². The molecule has 3 rings (SSSR count). The normalized spacial score (nSPS) is 17.3. The Morgan fingerprint density at radius 3 is 2.38 bits per heavy atom. The quantitative estimate of drug-likeness (QED) is 0.805. The van der Waals surface area contributed by atoms with Crippen molar-refractivity contribution >= 4 is 11.5 Å². The highest BCUT2D eigenvalue weighted by molar-refractivity contribution is 5.77. The zero-order valence-corrected chi connectivity index (χ0v) is 13.8. The maximum atomic E-state index is 13.3. The number of ketones is 1. The summed E-state index contributed by atoms with van der Waals surface area (Å²) < 4.78 is 26.5. The van der Waals surface area contributed by atoms with Crippen molar-refractivity contribution in [2.75, 3.05) is 11.4 Å². The molecule has 2 aromatic rings. The lowest BCUT2D eigenvalue weighted by molar-refractivity contribution is -0.117.